The summed E-state index contributed by atoms with van der Waals surface area (Å²) in [6, 6.07) is 1.85. The molecule has 0 aliphatic carbocycles. The number of hydrogen-bond acceptors (Lipinski definition) is 3. The number of Topliss-reactive ketones (excluding diaryl/α,β-unsaturated/α-hetero) is 1. The Morgan fingerprint density at radius 2 is 2.11 bits per heavy atom. The van der Waals surface area contributed by atoms with Crippen LogP contribution in [0.15, 0.2) is 22.9 Å². The highest BCUT2D eigenvalue weighted by molar-refractivity contribution is 9.10. The van der Waals surface area contributed by atoms with Crippen LogP contribution in [0.1, 0.15) is 27.3 Å². The lowest BCUT2D eigenvalue weighted by Gasteiger charge is -2.03. The molecule has 0 atom stereocenters. The quantitative estimate of drug-likeness (QED) is 0.819. The Morgan fingerprint density at radius 1 is 1.39 bits per heavy atom. The van der Waals surface area contributed by atoms with Crippen LogP contribution in [0.3, 0.4) is 0 Å². The fraction of sp³-hybridized carbons (Fsp3) is 0.308. The topological polar surface area (TPSA) is 47.8 Å². The van der Waals surface area contributed by atoms with Crippen molar-refractivity contribution in [3.05, 3.63) is 45.4 Å². The minimum atomic E-state index is 0.0508. The average molecular weight is 308 g/mol. The molecule has 18 heavy (non-hydrogen) atoms. The second-order valence-corrected chi connectivity index (χ2v) is 5.11. The van der Waals surface area contributed by atoms with Crippen molar-refractivity contribution in [1.82, 2.24) is 14.8 Å². The first kappa shape index (κ1) is 13.0. The smallest absolute Gasteiger partial charge is 0.170 e. The molecule has 0 aromatic carbocycles. The Bertz CT molecular complexity index is 604. The van der Waals surface area contributed by atoms with Crippen molar-refractivity contribution in [2.24, 2.45) is 7.05 Å². The second kappa shape index (κ2) is 5.02. The average Bonchev–Trinajstić information content (AvgIpc) is 2.56. The minimum Gasteiger partial charge on any atom is -0.294 e. The fourth-order valence-electron chi connectivity index (χ4n) is 1.83. The van der Waals surface area contributed by atoms with Crippen LogP contribution in [0, 0.1) is 13.8 Å². The van der Waals surface area contributed by atoms with Crippen molar-refractivity contribution in [1.29, 1.82) is 0 Å². The van der Waals surface area contributed by atoms with Crippen LogP contribution in [0.2, 0.25) is 0 Å². The van der Waals surface area contributed by atoms with Crippen molar-refractivity contribution in [2.45, 2.75) is 20.3 Å². The van der Waals surface area contributed by atoms with Crippen molar-refractivity contribution >= 4 is 21.7 Å². The SMILES string of the molecule is Cc1cncc(C(=O)Cc2c(Br)c(C)nn2C)c1. The lowest BCUT2D eigenvalue weighted by Crippen LogP contribution is -2.09. The largest absolute Gasteiger partial charge is 0.294 e. The van der Waals surface area contributed by atoms with Gasteiger partial charge in [-0.2, -0.15) is 5.10 Å². The maximum absolute atomic E-state index is 12.2. The van der Waals surface area contributed by atoms with E-state index in [0.717, 1.165) is 21.4 Å². The van der Waals surface area contributed by atoms with Gasteiger partial charge >= 0.3 is 0 Å². The number of ketones is 1. The van der Waals surface area contributed by atoms with E-state index in [-0.39, 0.29) is 5.78 Å². The third-order valence-corrected chi connectivity index (χ3v) is 3.82. The van der Waals surface area contributed by atoms with E-state index in [1.807, 2.05) is 27.0 Å². The van der Waals surface area contributed by atoms with Gasteiger partial charge in [-0.15, -0.1) is 0 Å². The number of pyridine rings is 1. The first-order valence-corrected chi connectivity index (χ1v) is 6.41. The standard InChI is InChI=1S/C13H14BrN3O/c1-8-4-10(7-15-6-8)12(18)5-11-13(14)9(2)16-17(11)3/h4,6-7H,5H2,1-3H3. The number of carbonyl (C=O) groups excluding carboxylic acids is 1. The molecule has 94 valence electrons. The van der Waals surface area contributed by atoms with E-state index in [4.69, 9.17) is 0 Å². The van der Waals surface area contributed by atoms with E-state index >= 15 is 0 Å². The Labute approximate surface area is 114 Å². The lowest BCUT2D eigenvalue weighted by molar-refractivity contribution is 0.0990. The summed E-state index contributed by atoms with van der Waals surface area (Å²) >= 11 is 3.47. The molecule has 0 fully saturated rings. The molecule has 0 spiro atoms. The van der Waals surface area contributed by atoms with Gasteiger partial charge in [0.15, 0.2) is 5.78 Å². The number of nitrogens with zero attached hydrogens (tertiary/aromatic N) is 3. The second-order valence-electron chi connectivity index (χ2n) is 4.32. The lowest BCUT2D eigenvalue weighted by atomic mass is 10.1. The molecule has 0 aliphatic heterocycles. The highest BCUT2D eigenvalue weighted by Crippen LogP contribution is 2.21. The summed E-state index contributed by atoms with van der Waals surface area (Å²) in [6.45, 7) is 3.83. The third-order valence-electron chi connectivity index (χ3n) is 2.79. The summed E-state index contributed by atoms with van der Waals surface area (Å²) in [5.41, 5.74) is 3.41. The zero-order valence-electron chi connectivity index (χ0n) is 10.6. The molecule has 2 heterocycles. The highest BCUT2D eigenvalue weighted by atomic mass is 79.9. The number of halogens is 1. The maximum atomic E-state index is 12.2. The molecule has 0 bridgehead atoms. The predicted octanol–water partition coefficient (Wildman–Crippen LogP) is 2.62. The molecular formula is C13H14BrN3O. The van der Waals surface area contributed by atoms with E-state index in [0.29, 0.717) is 12.0 Å². The first-order chi connectivity index (χ1) is 8.49. The van der Waals surface area contributed by atoms with Crippen LogP contribution >= 0.6 is 15.9 Å². The molecular weight excluding hydrogens is 294 g/mol. The van der Waals surface area contributed by atoms with Crippen molar-refractivity contribution in [3.8, 4) is 0 Å². The summed E-state index contributed by atoms with van der Waals surface area (Å²) in [5.74, 6) is 0.0508. The van der Waals surface area contributed by atoms with E-state index in [1.165, 1.54) is 0 Å². The van der Waals surface area contributed by atoms with Gasteiger partial charge in [-0.25, -0.2) is 0 Å². The molecule has 0 saturated carbocycles. The first-order valence-electron chi connectivity index (χ1n) is 5.62. The van der Waals surface area contributed by atoms with Crippen LogP contribution in [-0.4, -0.2) is 20.5 Å². The van der Waals surface area contributed by atoms with Crippen LogP contribution in [0.4, 0.5) is 0 Å². The molecule has 0 N–H and O–H groups in total. The van der Waals surface area contributed by atoms with Crippen molar-refractivity contribution in [2.75, 3.05) is 0 Å². The molecule has 2 aromatic heterocycles. The summed E-state index contributed by atoms with van der Waals surface area (Å²) in [7, 11) is 1.84. The molecule has 4 nitrogen and oxygen atoms in total. The molecule has 0 aliphatic rings. The molecule has 2 aromatic rings. The van der Waals surface area contributed by atoms with Crippen molar-refractivity contribution in [3.63, 3.8) is 0 Å². The number of carbonyl (C=O) groups is 1. The summed E-state index contributed by atoms with van der Waals surface area (Å²) in [4.78, 5) is 16.2. The maximum Gasteiger partial charge on any atom is 0.170 e. The van der Waals surface area contributed by atoms with Gasteiger partial charge in [-0.3, -0.25) is 14.5 Å². The minimum absolute atomic E-state index is 0.0508. The Hall–Kier alpha value is -1.49. The van der Waals surface area contributed by atoms with Gasteiger partial charge in [-0.1, -0.05) is 0 Å². The number of aromatic nitrogens is 3. The molecule has 0 unspecified atom stereocenters. The van der Waals surface area contributed by atoms with Crippen molar-refractivity contribution < 1.29 is 4.79 Å². The summed E-state index contributed by atoms with van der Waals surface area (Å²) in [6.07, 6.45) is 3.66. The zero-order chi connectivity index (χ0) is 13.3. The Kier molecular flexibility index (Phi) is 3.61. The molecule has 2 rings (SSSR count). The van der Waals surface area contributed by atoms with Gasteiger partial charge in [0.1, 0.15) is 0 Å². The van der Waals surface area contributed by atoms with Crippen LogP contribution < -0.4 is 0 Å². The van der Waals surface area contributed by atoms with Gasteiger partial charge in [0.05, 0.1) is 22.3 Å². The van der Waals surface area contributed by atoms with Gasteiger partial charge in [0, 0.05) is 25.0 Å². The van der Waals surface area contributed by atoms with Gasteiger partial charge in [0.25, 0.3) is 0 Å². The molecule has 0 saturated heterocycles. The van der Waals surface area contributed by atoms with Crippen LogP contribution in [0.5, 0.6) is 0 Å². The third kappa shape index (κ3) is 2.51. The molecule has 0 amide bonds. The molecule has 5 heteroatoms. The van der Waals surface area contributed by atoms with E-state index in [2.05, 4.69) is 26.0 Å². The van der Waals surface area contributed by atoms with Gasteiger partial charge in [0.2, 0.25) is 0 Å². The van der Waals surface area contributed by atoms with E-state index in [9.17, 15) is 4.79 Å². The summed E-state index contributed by atoms with van der Waals surface area (Å²) in [5, 5.41) is 4.28. The Morgan fingerprint density at radius 3 is 2.67 bits per heavy atom. The number of hydrogen-bond donors (Lipinski definition) is 0. The number of aryl methyl sites for hydroxylation is 3. The normalized spacial score (nSPS) is 10.7. The van der Waals surface area contributed by atoms with Crippen LogP contribution in [-0.2, 0) is 13.5 Å². The van der Waals surface area contributed by atoms with Crippen LogP contribution in [0.25, 0.3) is 0 Å². The van der Waals surface area contributed by atoms with E-state index in [1.54, 1.807) is 17.1 Å². The molecule has 0 radical (unpaired) electrons. The zero-order valence-corrected chi connectivity index (χ0v) is 12.2. The van der Waals surface area contributed by atoms with Gasteiger partial charge in [-0.05, 0) is 41.4 Å². The van der Waals surface area contributed by atoms with E-state index < -0.39 is 0 Å². The van der Waals surface area contributed by atoms with Gasteiger partial charge < -0.3 is 0 Å². The fourth-order valence-corrected chi connectivity index (χ4v) is 2.31. The monoisotopic (exact) mass is 307 g/mol. The predicted molar refractivity (Wildman–Crippen MR) is 72.7 cm³/mol. The summed E-state index contributed by atoms with van der Waals surface area (Å²) < 4.78 is 2.64. The Balaban J connectivity index is 2.27. The number of rotatable bonds is 3. The highest BCUT2D eigenvalue weighted by Gasteiger charge is 2.15.